The summed E-state index contributed by atoms with van der Waals surface area (Å²) in [7, 11) is 1.30. The van der Waals surface area contributed by atoms with Crippen LogP contribution in [-0.2, 0) is 19.1 Å². The van der Waals surface area contributed by atoms with Crippen molar-refractivity contribution >= 4 is 35.2 Å². The number of hydroxylamine groups is 2. The maximum Gasteiger partial charge on any atom is 0.407 e. The van der Waals surface area contributed by atoms with Gasteiger partial charge in [0.2, 0.25) is 0 Å². The minimum Gasteiger partial charge on any atom is -0.461 e. The van der Waals surface area contributed by atoms with Crippen molar-refractivity contribution in [2.24, 2.45) is 0 Å². The third-order valence-corrected chi connectivity index (χ3v) is 4.83. The highest BCUT2D eigenvalue weighted by Gasteiger charge is 2.20. The van der Waals surface area contributed by atoms with Gasteiger partial charge in [0.25, 0.3) is 5.91 Å². The Hall–Kier alpha value is -4.39. The van der Waals surface area contributed by atoms with E-state index in [0.29, 0.717) is 29.3 Å². The van der Waals surface area contributed by atoms with Crippen LogP contribution in [0, 0.1) is 0 Å². The summed E-state index contributed by atoms with van der Waals surface area (Å²) in [6.07, 6.45) is 3.28. The molecule has 0 bridgehead atoms. The highest BCUT2D eigenvalue weighted by atomic mass is 16.7. The predicted octanol–water partition coefficient (Wildman–Crippen LogP) is 2.09. The first-order valence-corrected chi connectivity index (χ1v) is 11.4. The van der Waals surface area contributed by atoms with Gasteiger partial charge in [-0.3, -0.25) is 14.6 Å². The maximum atomic E-state index is 12.9. The third kappa shape index (κ3) is 7.30. The molecule has 3 aromatic rings. The fourth-order valence-electron chi connectivity index (χ4n) is 3.20. The van der Waals surface area contributed by atoms with Crippen LogP contribution in [0.3, 0.4) is 0 Å². The number of aldehydes is 1. The van der Waals surface area contributed by atoms with E-state index in [1.807, 2.05) is 0 Å². The molecule has 3 rings (SSSR count). The number of amides is 2. The van der Waals surface area contributed by atoms with E-state index in [9.17, 15) is 19.2 Å². The fraction of sp³-hybridized carbons (Fsp3) is 0.375. The Bertz CT molecular complexity index is 1280. The fourth-order valence-corrected chi connectivity index (χ4v) is 3.20. The van der Waals surface area contributed by atoms with E-state index in [-0.39, 0.29) is 31.0 Å². The molecule has 0 spiro atoms. The van der Waals surface area contributed by atoms with Crippen LogP contribution in [0.15, 0.2) is 36.7 Å². The van der Waals surface area contributed by atoms with Crippen molar-refractivity contribution in [2.45, 2.75) is 32.8 Å². The van der Waals surface area contributed by atoms with Crippen LogP contribution in [0.5, 0.6) is 0 Å². The zero-order valence-corrected chi connectivity index (χ0v) is 21.0. The molecule has 1 aromatic carbocycles. The Morgan fingerprint density at radius 2 is 1.97 bits per heavy atom. The quantitative estimate of drug-likeness (QED) is 0.185. The Morgan fingerprint density at radius 3 is 2.68 bits per heavy atom. The Kier molecular flexibility index (Phi) is 8.85. The Balaban J connectivity index is 1.65. The highest BCUT2D eigenvalue weighted by Crippen LogP contribution is 2.22. The standard InChI is InChI=1S/C24H28N6O7/c1-24(2,3)37-23(34)26-9-5-13-36-22(33)20-15-29(28-27-20)16-6-7-19-18(14-16)17(8-10-25-19)21(32)30(35-4)11-12-31/h6-8,10,12,14-15H,5,9,11,13H2,1-4H3,(H,26,34). The van der Waals surface area contributed by atoms with E-state index in [1.165, 1.54) is 30.3 Å². The average Bonchev–Trinajstić information content (AvgIpc) is 3.35. The smallest absolute Gasteiger partial charge is 0.407 e. The number of rotatable bonds is 10. The number of aromatic nitrogens is 4. The summed E-state index contributed by atoms with van der Waals surface area (Å²) in [4.78, 5) is 57.0. The summed E-state index contributed by atoms with van der Waals surface area (Å²) in [6.45, 7) is 5.39. The molecule has 0 radical (unpaired) electrons. The Morgan fingerprint density at radius 1 is 1.19 bits per heavy atom. The van der Waals surface area contributed by atoms with Crippen molar-refractivity contribution in [1.82, 2.24) is 30.4 Å². The van der Waals surface area contributed by atoms with E-state index in [2.05, 4.69) is 20.6 Å². The minimum absolute atomic E-state index is 0.0146. The van der Waals surface area contributed by atoms with Gasteiger partial charge in [-0.1, -0.05) is 5.21 Å². The van der Waals surface area contributed by atoms with E-state index >= 15 is 0 Å². The van der Waals surface area contributed by atoms with Gasteiger partial charge in [0.1, 0.15) is 18.4 Å². The molecule has 0 unspecified atom stereocenters. The number of ether oxygens (including phenoxy) is 2. The van der Waals surface area contributed by atoms with E-state index in [4.69, 9.17) is 14.3 Å². The molecule has 2 aromatic heterocycles. The lowest BCUT2D eigenvalue weighted by molar-refractivity contribution is -0.124. The van der Waals surface area contributed by atoms with Crippen LogP contribution in [0.1, 0.15) is 48.0 Å². The molecule has 0 saturated heterocycles. The topological polar surface area (TPSA) is 155 Å². The zero-order valence-electron chi connectivity index (χ0n) is 21.0. The van der Waals surface area contributed by atoms with Gasteiger partial charge in [-0.15, -0.1) is 5.10 Å². The highest BCUT2D eigenvalue weighted by molar-refractivity contribution is 6.06. The van der Waals surface area contributed by atoms with Gasteiger partial charge in [0.15, 0.2) is 5.69 Å². The number of carbonyl (C=O) groups excluding carboxylic acids is 4. The summed E-state index contributed by atoms with van der Waals surface area (Å²) in [6, 6.07) is 6.58. The summed E-state index contributed by atoms with van der Waals surface area (Å²) in [5.41, 5.74) is 0.717. The molecule has 1 N–H and O–H groups in total. The van der Waals surface area contributed by atoms with E-state index < -0.39 is 23.6 Å². The first-order chi connectivity index (χ1) is 17.6. The minimum atomic E-state index is -0.675. The molecule has 2 amide bonds. The van der Waals surface area contributed by atoms with Crippen LogP contribution < -0.4 is 5.32 Å². The number of fused-ring (bicyclic) bond motifs is 1. The molecule has 0 aliphatic heterocycles. The molecule has 13 nitrogen and oxygen atoms in total. The molecule has 196 valence electrons. The zero-order chi connectivity index (χ0) is 27.0. The van der Waals surface area contributed by atoms with Crippen molar-refractivity contribution in [3.8, 4) is 5.69 Å². The van der Waals surface area contributed by atoms with Gasteiger partial charge in [-0.2, -0.15) is 0 Å². The molecule has 2 heterocycles. The number of nitrogens with one attached hydrogen (secondary N) is 1. The number of carbonyl (C=O) groups is 4. The normalized spacial score (nSPS) is 11.1. The summed E-state index contributed by atoms with van der Waals surface area (Å²) in [5.74, 6) is -1.19. The number of benzene rings is 1. The molecule has 0 atom stereocenters. The number of hydrogen-bond donors (Lipinski definition) is 1. The monoisotopic (exact) mass is 512 g/mol. The largest absolute Gasteiger partial charge is 0.461 e. The average molecular weight is 513 g/mol. The molecular weight excluding hydrogens is 484 g/mol. The summed E-state index contributed by atoms with van der Waals surface area (Å²) in [5, 5.41) is 11.8. The van der Waals surface area contributed by atoms with Gasteiger partial charge >= 0.3 is 12.1 Å². The van der Waals surface area contributed by atoms with Gasteiger partial charge in [0, 0.05) is 18.1 Å². The lowest BCUT2D eigenvalue weighted by Gasteiger charge is -2.19. The molecule has 37 heavy (non-hydrogen) atoms. The lowest BCUT2D eigenvalue weighted by Crippen LogP contribution is -2.33. The summed E-state index contributed by atoms with van der Waals surface area (Å²) < 4.78 is 11.7. The van der Waals surface area contributed by atoms with Crippen LogP contribution in [0.4, 0.5) is 4.79 Å². The molecular formula is C24H28N6O7. The Labute approximate surface area is 212 Å². The van der Waals surface area contributed by atoms with Crippen LogP contribution in [0.2, 0.25) is 0 Å². The number of hydrogen-bond acceptors (Lipinski definition) is 10. The van der Waals surface area contributed by atoms with Crippen molar-refractivity contribution in [3.05, 3.63) is 47.9 Å². The SMILES string of the molecule is CON(CC=O)C(=O)c1ccnc2ccc(-n3cc(C(=O)OCCCNC(=O)OC(C)(C)C)nn3)cc12. The lowest BCUT2D eigenvalue weighted by atomic mass is 10.1. The van der Waals surface area contributed by atoms with Crippen molar-refractivity contribution in [3.63, 3.8) is 0 Å². The van der Waals surface area contributed by atoms with Crippen LogP contribution >= 0.6 is 0 Å². The number of pyridine rings is 1. The predicted molar refractivity (Wildman–Crippen MR) is 130 cm³/mol. The molecule has 0 fully saturated rings. The third-order valence-electron chi connectivity index (χ3n) is 4.83. The maximum absolute atomic E-state index is 12.9. The molecule has 0 aliphatic carbocycles. The second-order valence-electron chi connectivity index (χ2n) is 8.74. The first kappa shape index (κ1) is 27.2. The molecule has 0 aliphatic rings. The summed E-state index contributed by atoms with van der Waals surface area (Å²) >= 11 is 0. The molecule has 13 heteroatoms. The number of esters is 1. The van der Waals surface area contributed by atoms with Gasteiger partial charge < -0.3 is 19.6 Å². The molecule has 0 saturated carbocycles. The van der Waals surface area contributed by atoms with Crippen LogP contribution in [0.25, 0.3) is 16.6 Å². The first-order valence-electron chi connectivity index (χ1n) is 11.4. The van der Waals surface area contributed by atoms with Gasteiger partial charge in [-0.05, 0) is 51.5 Å². The van der Waals surface area contributed by atoms with E-state index in [1.54, 1.807) is 39.0 Å². The number of alkyl carbamates (subject to hydrolysis) is 1. The number of nitrogens with zero attached hydrogens (tertiary/aromatic N) is 5. The van der Waals surface area contributed by atoms with Gasteiger partial charge in [-0.25, -0.2) is 19.3 Å². The van der Waals surface area contributed by atoms with Crippen molar-refractivity contribution in [2.75, 3.05) is 26.8 Å². The van der Waals surface area contributed by atoms with Crippen molar-refractivity contribution < 1.29 is 33.5 Å². The second kappa shape index (κ2) is 12.0. The van der Waals surface area contributed by atoms with Gasteiger partial charge in [0.05, 0.1) is 36.7 Å². The second-order valence-corrected chi connectivity index (χ2v) is 8.74. The van der Waals surface area contributed by atoms with Crippen molar-refractivity contribution in [1.29, 1.82) is 0 Å². The van der Waals surface area contributed by atoms with E-state index in [0.717, 1.165) is 5.06 Å². The van der Waals surface area contributed by atoms with Crippen LogP contribution in [-0.4, -0.2) is 81.7 Å².